The number of fused-ring (bicyclic) bond motifs is 6. The molecule has 62 heavy (non-hydrogen) atoms. The molecule has 3 aromatic heterocycles. The number of likely N-dealkylation sites (tertiary alicyclic amines) is 1. The van der Waals surface area contributed by atoms with Crippen molar-refractivity contribution in [2.75, 3.05) is 59.8 Å². The molecule has 1 aliphatic carbocycles. The first-order valence-corrected chi connectivity index (χ1v) is 22.1. The van der Waals surface area contributed by atoms with Crippen molar-refractivity contribution in [1.29, 1.82) is 0 Å². The molecule has 3 N–H and O–H groups in total. The second-order valence-corrected chi connectivity index (χ2v) is 18.5. The van der Waals surface area contributed by atoms with Gasteiger partial charge < -0.3 is 29.7 Å². The number of nitrogens with zero attached hydrogens (tertiary/aromatic N) is 8. The number of carbonyl (C=O) groups excluding carboxylic acids is 2. The number of piperazine rings is 1. The average Bonchev–Trinajstić information content (AvgIpc) is 3.81. The van der Waals surface area contributed by atoms with Gasteiger partial charge in [0.15, 0.2) is 12.4 Å². The summed E-state index contributed by atoms with van der Waals surface area (Å²) in [6, 6.07) is 11.4. The number of halogens is 3. The number of hydrogen-bond acceptors (Lipinski definition) is 12. The topological polar surface area (TPSA) is 155 Å². The maximum absolute atomic E-state index is 15.2. The van der Waals surface area contributed by atoms with Crippen LogP contribution < -0.4 is 36.0 Å². The number of alkyl halides is 2. The molecule has 0 radical (unpaired) electrons. The van der Waals surface area contributed by atoms with Crippen LogP contribution in [0.3, 0.4) is 0 Å². The van der Waals surface area contributed by atoms with Crippen molar-refractivity contribution in [1.82, 2.24) is 34.5 Å². The molecule has 6 aliphatic rings. The number of hydrogen-bond donors (Lipinski definition) is 3. The van der Waals surface area contributed by atoms with Crippen LogP contribution in [0.4, 0.5) is 37.6 Å². The average molecular weight is 868 g/mol. The predicted octanol–water partition coefficient (Wildman–Crippen LogP) is 5.53. The first-order valence-electron chi connectivity index (χ1n) is 21.7. The lowest BCUT2D eigenvalue weighted by Gasteiger charge is -2.39. The summed E-state index contributed by atoms with van der Waals surface area (Å²) >= 11 is 6.65. The van der Waals surface area contributed by atoms with E-state index in [-0.39, 0.29) is 29.2 Å². The minimum Gasteiger partial charge on any atom is -0.480 e. The third-order valence-electron chi connectivity index (χ3n) is 14.1. The second kappa shape index (κ2) is 14.8. The van der Waals surface area contributed by atoms with Gasteiger partial charge in [0, 0.05) is 81.8 Å². The smallest absolute Gasteiger partial charge is 0.301 e. The molecule has 5 fully saturated rings. The molecule has 2 amide bonds. The molecule has 0 spiro atoms. The Morgan fingerprint density at radius 2 is 1.82 bits per heavy atom. The van der Waals surface area contributed by atoms with Crippen molar-refractivity contribution in [3.8, 4) is 5.75 Å². The van der Waals surface area contributed by atoms with E-state index in [1.165, 1.54) is 4.57 Å². The Kier molecular flexibility index (Phi) is 9.37. The summed E-state index contributed by atoms with van der Waals surface area (Å²) in [6.45, 7) is 3.75. The van der Waals surface area contributed by atoms with Gasteiger partial charge in [-0.05, 0) is 74.6 Å². The summed E-state index contributed by atoms with van der Waals surface area (Å²) in [5.74, 6) is -2.80. The number of pyridine rings is 1. The Balaban J connectivity index is 0.744. The van der Waals surface area contributed by atoms with Crippen LogP contribution in [0.5, 0.6) is 5.75 Å². The fraction of sp³-hybridized carbons (Fsp3) is 0.500. The molecule has 15 nitrogen and oxygen atoms in total. The van der Waals surface area contributed by atoms with Crippen molar-refractivity contribution in [3.63, 3.8) is 0 Å². The highest BCUT2D eigenvalue weighted by molar-refractivity contribution is 6.33. The minimum atomic E-state index is -3.13. The van der Waals surface area contributed by atoms with E-state index in [2.05, 4.69) is 47.8 Å². The molecular weight excluding hydrogens is 820 g/mol. The number of ether oxygens (including phenoxy) is 1. The first kappa shape index (κ1) is 39.3. The summed E-state index contributed by atoms with van der Waals surface area (Å²) < 4.78 is 39.2. The summed E-state index contributed by atoms with van der Waals surface area (Å²) in [4.78, 5) is 54.7. The Bertz CT molecular complexity index is 2710. The standard InChI is InChI=1S/C44H48ClF2N11O4/c1-54-32-10-8-25(16-30(32)36-38(42(54)61)62-22-44(46,47)39(51-36)24-6-7-24)49-40-31(45)18-48-43(52-40)56-14-12-23(13-15-56)19-57-20-27-17-26(57)21-58(27)33-5-3-4-28-35(53-55(2)37(28)33)29-9-11-34(59)50-41(29)60/h3-5,8,10,16,18,23-24,26-27,29,39,51H,6-7,9,11-15,17,19-22H2,1-2H3,(H,48,49,52)(H,50,59,60)/t26-,27-,29?,39-/m0/s1. The molecule has 2 bridgehead atoms. The fourth-order valence-corrected chi connectivity index (χ4v) is 10.9. The number of para-hydroxylation sites is 1. The highest BCUT2D eigenvalue weighted by Gasteiger charge is 2.51. The van der Waals surface area contributed by atoms with Gasteiger partial charge >= 0.3 is 5.92 Å². The van der Waals surface area contributed by atoms with Crippen LogP contribution in [0.15, 0.2) is 47.4 Å². The zero-order valence-corrected chi connectivity index (χ0v) is 35.3. The van der Waals surface area contributed by atoms with Crippen molar-refractivity contribution < 1.29 is 23.1 Å². The van der Waals surface area contributed by atoms with Crippen LogP contribution in [-0.2, 0) is 23.7 Å². The molecular formula is C44H48ClF2N11O4. The van der Waals surface area contributed by atoms with Gasteiger partial charge in [0.2, 0.25) is 23.5 Å². The first-order chi connectivity index (χ1) is 29.9. The summed E-state index contributed by atoms with van der Waals surface area (Å²) in [6.07, 6.45) is 6.92. The molecule has 11 rings (SSSR count). The van der Waals surface area contributed by atoms with Gasteiger partial charge in [-0.3, -0.25) is 29.3 Å². The number of amides is 2. The van der Waals surface area contributed by atoms with Crippen molar-refractivity contribution in [2.24, 2.45) is 25.9 Å². The van der Waals surface area contributed by atoms with Crippen LogP contribution >= 0.6 is 11.6 Å². The normalized spacial score (nSPS) is 25.2. The van der Waals surface area contributed by atoms with Gasteiger partial charge in [-0.1, -0.05) is 23.7 Å². The lowest BCUT2D eigenvalue weighted by molar-refractivity contribution is -0.134. The van der Waals surface area contributed by atoms with E-state index in [0.29, 0.717) is 77.1 Å². The monoisotopic (exact) mass is 867 g/mol. The summed E-state index contributed by atoms with van der Waals surface area (Å²) in [7, 11) is 3.55. The molecule has 1 unspecified atom stereocenters. The van der Waals surface area contributed by atoms with E-state index in [0.717, 1.165) is 74.3 Å². The maximum Gasteiger partial charge on any atom is 0.301 e. The van der Waals surface area contributed by atoms with Gasteiger partial charge in [-0.15, -0.1) is 0 Å². The Morgan fingerprint density at radius 1 is 1.00 bits per heavy atom. The minimum absolute atomic E-state index is 0.105. The molecule has 4 saturated heterocycles. The van der Waals surface area contributed by atoms with Crippen molar-refractivity contribution >= 4 is 74.0 Å². The highest BCUT2D eigenvalue weighted by atomic mass is 35.5. The third-order valence-corrected chi connectivity index (χ3v) is 14.4. The van der Waals surface area contributed by atoms with Crippen LogP contribution in [0.25, 0.3) is 21.8 Å². The lowest BCUT2D eigenvalue weighted by atomic mass is 9.92. The zero-order chi connectivity index (χ0) is 42.6. The van der Waals surface area contributed by atoms with Crippen LogP contribution in [0.2, 0.25) is 5.02 Å². The zero-order valence-electron chi connectivity index (χ0n) is 34.5. The van der Waals surface area contributed by atoms with E-state index in [1.54, 1.807) is 19.3 Å². The number of rotatable bonds is 8. The number of carbonyl (C=O) groups is 2. The Morgan fingerprint density at radius 3 is 2.58 bits per heavy atom. The van der Waals surface area contributed by atoms with Crippen LogP contribution in [0.1, 0.15) is 56.6 Å². The van der Waals surface area contributed by atoms with Gasteiger partial charge in [-0.2, -0.15) is 10.1 Å². The van der Waals surface area contributed by atoms with E-state index >= 15 is 8.78 Å². The van der Waals surface area contributed by atoms with E-state index in [4.69, 9.17) is 26.4 Å². The maximum atomic E-state index is 15.2. The number of imide groups is 1. The van der Waals surface area contributed by atoms with Gasteiger partial charge in [0.1, 0.15) is 5.02 Å². The Labute approximate surface area is 360 Å². The molecule has 1 saturated carbocycles. The number of aromatic nitrogens is 5. The Hall–Kier alpha value is -5.55. The lowest BCUT2D eigenvalue weighted by Crippen LogP contribution is -2.49. The number of anilines is 5. The number of benzene rings is 2. The van der Waals surface area contributed by atoms with Crippen LogP contribution in [0, 0.1) is 11.8 Å². The van der Waals surface area contributed by atoms with E-state index in [9.17, 15) is 14.4 Å². The molecule has 324 valence electrons. The van der Waals surface area contributed by atoms with Crippen molar-refractivity contribution in [2.45, 2.75) is 74.9 Å². The second-order valence-electron chi connectivity index (χ2n) is 18.1. The molecule has 4 atom stereocenters. The fourth-order valence-electron chi connectivity index (χ4n) is 10.7. The molecule has 5 aliphatic heterocycles. The number of piperidine rings is 2. The largest absolute Gasteiger partial charge is 0.480 e. The SMILES string of the molecule is Cn1nc(C2CCC(=O)NC2=O)c2cccc(N3C[C@@H]4C[C@H]3CN4CC3CCN(c4ncc(Cl)c(Nc5ccc6c(c5)c5c(c(=O)n6C)OCC(F)(F)[C@H](C6CC6)N5)n4)CC3)c21. The molecule has 5 aromatic rings. The number of nitrogens with one attached hydrogen (secondary N) is 3. The quantitative estimate of drug-likeness (QED) is 0.168. The van der Waals surface area contributed by atoms with Crippen LogP contribution in [-0.4, -0.2) is 104 Å². The molecule has 2 aromatic carbocycles. The summed E-state index contributed by atoms with van der Waals surface area (Å²) in [5.41, 5.74) is 3.93. The van der Waals surface area contributed by atoms with Gasteiger partial charge in [-0.25, -0.2) is 13.8 Å². The van der Waals surface area contributed by atoms with Gasteiger partial charge in [0.25, 0.3) is 5.56 Å². The third kappa shape index (κ3) is 6.69. The predicted molar refractivity (Wildman–Crippen MR) is 232 cm³/mol. The van der Waals surface area contributed by atoms with Crippen molar-refractivity contribution in [3.05, 3.63) is 63.7 Å². The molecule has 8 heterocycles. The van der Waals surface area contributed by atoms with Gasteiger partial charge in [0.05, 0.1) is 46.3 Å². The molecule has 18 heteroatoms. The summed E-state index contributed by atoms with van der Waals surface area (Å²) in [5, 5.41) is 15.6. The van der Waals surface area contributed by atoms with E-state index in [1.807, 2.05) is 29.9 Å². The number of aryl methyl sites for hydroxylation is 2. The van der Waals surface area contributed by atoms with E-state index < -0.39 is 30.0 Å². The highest BCUT2D eigenvalue weighted by Crippen LogP contribution is 2.46.